The SMILES string of the molecule is COc1ccc(C(=O)NCc2ncon2)cc1N. The number of hydrogen-bond donors (Lipinski definition) is 2. The topological polar surface area (TPSA) is 103 Å². The second-order valence-electron chi connectivity index (χ2n) is 3.49. The third-order valence-electron chi connectivity index (χ3n) is 2.31. The quantitative estimate of drug-likeness (QED) is 0.767. The molecule has 0 spiro atoms. The molecule has 1 amide bonds. The van der Waals surface area contributed by atoms with Crippen LogP contribution in [0, 0.1) is 0 Å². The van der Waals surface area contributed by atoms with Gasteiger partial charge in [-0.3, -0.25) is 4.79 Å². The number of benzene rings is 1. The van der Waals surface area contributed by atoms with Gasteiger partial charge < -0.3 is 20.3 Å². The number of aromatic nitrogens is 2. The summed E-state index contributed by atoms with van der Waals surface area (Å²) in [5.74, 6) is 0.670. The first-order chi connectivity index (χ1) is 8.70. The van der Waals surface area contributed by atoms with E-state index in [-0.39, 0.29) is 12.5 Å². The van der Waals surface area contributed by atoms with Gasteiger partial charge in [0.1, 0.15) is 5.75 Å². The van der Waals surface area contributed by atoms with E-state index in [4.69, 9.17) is 10.5 Å². The third kappa shape index (κ3) is 2.57. The standard InChI is InChI=1S/C11H12N4O3/c1-17-9-3-2-7(4-8(9)12)11(16)13-5-10-14-6-18-15-10/h2-4,6H,5,12H2,1H3,(H,13,16). The number of ether oxygens (including phenoxy) is 1. The fourth-order valence-corrected chi connectivity index (χ4v) is 1.41. The molecule has 0 atom stereocenters. The summed E-state index contributed by atoms with van der Waals surface area (Å²) in [5, 5.41) is 6.23. The van der Waals surface area contributed by atoms with Crippen molar-refractivity contribution in [1.82, 2.24) is 15.5 Å². The lowest BCUT2D eigenvalue weighted by atomic mass is 10.2. The van der Waals surface area contributed by atoms with Crippen molar-refractivity contribution in [3.05, 3.63) is 36.0 Å². The summed E-state index contributed by atoms with van der Waals surface area (Å²) in [6.07, 6.45) is 1.20. The average molecular weight is 248 g/mol. The van der Waals surface area contributed by atoms with E-state index in [0.29, 0.717) is 22.8 Å². The lowest BCUT2D eigenvalue weighted by Crippen LogP contribution is -2.23. The molecule has 0 aliphatic carbocycles. The van der Waals surface area contributed by atoms with Crippen LogP contribution >= 0.6 is 0 Å². The first-order valence-electron chi connectivity index (χ1n) is 5.17. The van der Waals surface area contributed by atoms with Crippen LogP contribution in [0.2, 0.25) is 0 Å². The predicted octanol–water partition coefficient (Wildman–Crippen LogP) is 0.590. The number of carbonyl (C=O) groups is 1. The second-order valence-corrected chi connectivity index (χ2v) is 3.49. The molecule has 1 aromatic carbocycles. The van der Waals surface area contributed by atoms with Crippen molar-refractivity contribution in [3.63, 3.8) is 0 Å². The van der Waals surface area contributed by atoms with Crippen molar-refractivity contribution in [3.8, 4) is 5.75 Å². The van der Waals surface area contributed by atoms with Crippen LogP contribution < -0.4 is 15.8 Å². The maximum Gasteiger partial charge on any atom is 0.251 e. The Morgan fingerprint density at radius 1 is 1.56 bits per heavy atom. The van der Waals surface area contributed by atoms with Gasteiger partial charge in [0.05, 0.1) is 19.3 Å². The number of rotatable bonds is 4. The van der Waals surface area contributed by atoms with Crippen molar-refractivity contribution >= 4 is 11.6 Å². The number of hydrogen-bond acceptors (Lipinski definition) is 6. The lowest BCUT2D eigenvalue weighted by Gasteiger charge is -2.07. The van der Waals surface area contributed by atoms with Crippen molar-refractivity contribution in [2.45, 2.75) is 6.54 Å². The van der Waals surface area contributed by atoms with Crippen LogP contribution in [0.3, 0.4) is 0 Å². The Morgan fingerprint density at radius 3 is 3.00 bits per heavy atom. The third-order valence-corrected chi connectivity index (χ3v) is 2.31. The van der Waals surface area contributed by atoms with Crippen LogP contribution in [0.25, 0.3) is 0 Å². The number of nitrogen functional groups attached to an aromatic ring is 1. The number of anilines is 1. The van der Waals surface area contributed by atoms with Crippen LogP contribution in [0.1, 0.15) is 16.2 Å². The molecule has 1 aromatic heterocycles. The summed E-state index contributed by atoms with van der Waals surface area (Å²) in [6.45, 7) is 0.196. The van der Waals surface area contributed by atoms with E-state index in [1.165, 1.54) is 13.5 Å². The van der Waals surface area contributed by atoms with Gasteiger partial charge in [0.25, 0.3) is 5.91 Å². The number of methoxy groups -OCH3 is 1. The van der Waals surface area contributed by atoms with Crippen molar-refractivity contribution in [2.24, 2.45) is 0 Å². The zero-order chi connectivity index (χ0) is 13.0. The van der Waals surface area contributed by atoms with Crippen molar-refractivity contribution < 1.29 is 14.1 Å². The summed E-state index contributed by atoms with van der Waals surface area (Å²) in [4.78, 5) is 15.6. The van der Waals surface area contributed by atoms with E-state index in [2.05, 4.69) is 20.0 Å². The Labute approximate surface area is 103 Å². The Kier molecular flexibility index (Phi) is 3.42. The number of nitrogens with zero attached hydrogens (tertiary/aromatic N) is 2. The number of nitrogens with two attached hydrogens (primary N) is 1. The van der Waals surface area contributed by atoms with Gasteiger partial charge in [0, 0.05) is 5.56 Å². The molecule has 18 heavy (non-hydrogen) atoms. The number of nitrogens with one attached hydrogen (secondary N) is 1. The van der Waals surface area contributed by atoms with Crippen LogP contribution in [-0.4, -0.2) is 23.2 Å². The monoisotopic (exact) mass is 248 g/mol. The molecule has 7 nitrogen and oxygen atoms in total. The zero-order valence-electron chi connectivity index (χ0n) is 9.71. The van der Waals surface area contributed by atoms with E-state index in [9.17, 15) is 4.79 Å². The fraction of sp³-hybridized carbons (Fsp3) is 0.182. The Balaban J connectivity index is 2.02. The Hall–Kier alpha value is -2.57. The molecule has 7 heteroatoms. The van der Waals surface area contributed by atoms with Gasteiger partial charge in [0.15, 0.2) is 5.82 Å². The van der Waals surface area contributed by atoms with Crippen LogP contribution in [0.5, 0.6) is 5.75 Å². The van der Waals surface area contributed by atoms with Crippen LogP contribution in [0.4, 0.5) is 5.69 Å². The molecule has 94 valence electrons. The summed E-state index contributed by atoms with van der Waals surface area (Å²) in [5.41, 5.74) is 6.56. The minimum absolute atomic E-state index is 0.196. The van der Waals surface area contributed by atoms with Gasteiger partial charge in [-0.1, -0.05) is 5.16 Å². The van der Waals surface area contributed by atoms with Crippen molar-refractivity contribution in [2.75, 3.05) is 12.8 Å². The Bertz CT molecular complexity index is 539. The normalized spacial score (nSPS) is 10.1. The van der Waals surface area contributed by atoms with Gasteiger partial charge in [-0.25, -0.2) is 0 Å². The molecule has 0 unspecified atom stereocenters. The maximum absolute atomic E-state index is 11.8. The summed E-state index contributed by atoms with van der Waals surface area (Å²) >= 11 is 0. The van der Waals surface area contributed by atoms with Gasteiger partial charge in [-0.2, -0.15) is 4.98 Å². The van der Waals surface area contributed by atoms with Gasteiger partial charge in [0.2, 0.25) is 6.39 Å². The van der Waals surface area contributed by atoms with E-state index in [0.717, 1.165) is 0 Å². The smallest absolute Gasteiger partial charge is 0.251 e. The van der Waals surface area contributed by atoms with Gasteiger partial charge >= 0.3 is 0 Å². The van der Waals surface area contributed by atoms with Gasteiger partial charge in [-0.15, -0.1) is 0 Å². The first-order valence-corrected chi connectivity index (χ1v) is 5.17. The molecule has 0 fully saturated rings. The Morgan fingerprint density at radius 2 is 2.39 bits per heavy atom. The zero-order valence-corrected chi connectivity index (χ0v) is 9.71. The highest BCUT2D eigenvalue weighted by atomic mass is 16.5. The van der Waals surface area contributed by atoms with Crippen LogP contribution in [-0.2, 0) is 6.54 Å². The summed E-state index contributed by atoms with van der Waals surface area (Å²) in [7, 11) is 1.52. The molecule has 1 heterocycles. The summed E-state index contributed by atoms with van der Waals surface area (Å²) in [6, 6.07) is 4.81. The highest BCUT2D eigenvalue weighted by Crippen LogP contribution is 2.21. The molecule has 0 bridgehead atoms. The average Bonchev–Trinajstić information content (AvgIpc) is 2.89. The molecular weight excluding hydrogens is 236 g/mol. The number of carbonyl (C=O) groups excluding carboxylic acids is 1. The van der Waals surface area contributed by atoms with Crippen molar-refractivity contribution in [1.29, 1.82) is 0 Å². The molecule has 0 aliphatic heterocycles. The molecule has 2 aromatic rings. The minimum Gasteiger partial charge on any atom is -0.495 e. The molecule has 0 radical (unpaired) electrons. The van der Waals surface area contributed by atoms with E-state index in [1.54, 1.807) is 18.2 Å². The number of amides is 1. The molecule has 0 aliphatic rings. The first kappa shape index (κ1) is 11.9. The summed E-state index contributed by atoms with van der Waals surface area (Å²) < 4.78 is 9.56. The molecule has 2 rings (SSSR count). The van der Waals surface area contributed by atoms with E-state index in [1.807, 2.05) is 0 Å². The van der Waals surface area contributed by atoms with Crippen LogP contribution in [0.15, 0.2) is 29.1 Å². The molecule has 0 saturated carbocycles. The molecule has 0 saturated heterocycles. The highest BCUT2D eigenvalue weighted by molar-refractivity contribution is 5.95. The molecular formula is C11H12N4O3. The minimum atomic E-state index is -0.269. The fourth-order valence-electron chi connectivity index (χ4n) is 1.41. The highest BCUT2D eigenvalue weighted by Gasteiger charge is 2.09. The maximum atomic E-state index is 11.8. The molecule has 3 N–H and O–H groups in total. The second kappa shape index (κ2) is 5.17. The largest absolute Gasteiger partial charge is 0.495 e. The lowest BCUT2D eigenvalue weighted by molar-refractivity contribution is 0.0949. The van der Waals surface area contributed by atoms with E-state index >= 15 is 0 Å². The predicted molar refractivity (Wildman–Crippen MR) is 62.9 cm³/mol. The van der Waals surface area contributed by atoms with E-state index < -0.39 is 0 Å². The van der Waals surface area contributed by atoms with Gasteiger partial charge in [-0.05, 0) is 18.2 Å².